The molecule has 2 aromatic carbocycles. The quantitative estimate of drug-likeness (QED) is 0.519. The van der Waals surface area contributed by atoms with Gasteiger partial charge in [0.15, 0.2) is 11.9 Å². The van der Waals surface area contributed by atoms with Crippen LogP contribution in [0.1, 0.15) is 29.8 Å². The maximum Gasteiger partial charge on any atom is 0.347 e. The zero-order chi connectivity index (χ0) is 19.6. The summed E-state index contributed by atoms with van der Waals surface area (Å²) < 4.78 is 16.1. The fourth-order valence-electron chi connectivity index (χ4n) is 2.51. The number of ether oxygens (including phenoxy) is 3. The Morgan fingerprint density at radius 1 is 1.19 bits per heavy atom. The zero-order valence-electron chi connectivity index (χ0n) is 14.6. The summed E-state index contributed by atoms with van der Waals surface area (Å²) in [4.78, 5) is 24.2. The lowest BCUT2D eigenvalue weighted by Crippen LogP contribution is -2.26. The van der Waals surface area contributed by atoms with E-state index in [1.165, 1.54) is 0 Å². The largest absolute Gasteiger partial charge is 0.479 e. The predicted octanol–water partition coefficient (Wildman–Crippen LogP) is 4.94. The molecule has 5 nitrogen and oxygen atoms in total. The van der Waals surface area contributed by atoms with E-state index in [1.54, 1.807) is 56.3 Å². The van der Waals surface area contributed by atoms with Crippen molar-refractivity contribution in [3.63, 3.8) is 0 Å². The first-order valence-corrected chi connectivity index (χ1v) is 9.01. The second kappa shape index (κ2) is 8.03. The third kappa shape index (κ3) is 4.26. The Labute approximate surface area is 166 Å². The van der Waals surface area contributed by atoms with Crippen molar-refractivity contribution in [2.75, 3.05) is 6.61 Å². The predicted molar refractivity (Wildman–Crippen MR) is 103 cm³/mol. The van der Waals surface area contributed by atoms with Crippen LogP contribution in [0.4, 0.5) is 0 Å². The van der Waals surface area contributed by atoms with Crippen LogP contribution in [-0.4, -0.2) is 24.5 Å². The Hall–Kier alpha value is -2.50. The Bertz CT molecular complexity index is 936. The van der Waals surface area contributed by atoms with Crippen molar-refractivity contribution in [2.45, 2.75) is 20.0 Å². The molecule has 0 saturated carbocycles. The van der Waals surface area contributed by atoms with E-state index in [-0.39, 0.29) is 18.1 Å². The molecule has 0 radical (unpaired) electrons. The van der Waals surface area contributed by atoms with Crippen molar-refractivity contribution in [2.24, 2.45) is 0 Å². The Morgan fingerprint density at radius 2 is 1.96 bits per heavy atom. The number of fused-ring (bicyclic) bond motifs is 1. The number of carbonyl (C=O) groups is 2. The van der Waals surface area contributed by atoms with E-state index in [0.29, 0.717) is 32.7 Å². The van der Waals surface area contributed by atoms with Crippen molar-refractivity contribution < 1.29 is 23.8 Å². The van der Waals surface area contributed by atoms with Crippen LogP contribution >= 0.6 is 23.2 Å². The number of hydrogen-bond acceptors (Lipinski definition) is 5. The Morgan fingerprint density at radius 3 is 2.67 bits per heavy atom. The molecule has 0 spiro atoms. The lowest BCUT2D eigenvalue weighted by atomic mass is 10.1. The van der Waals surface area contributed by atoms with E-state index in [9.17, 15) is 9.59 Å². The van der Waals surface area contributed by atoms with Crippen LogP contribution < -0.4 is 9.47 Å². The molecular formula is C20H16Cl2O5. The molecule has 0 N–H and O–H groups in total. The second-order valence-electron chi connectivity index (χ2n) is 5.78. The highest BCUT2D eigenvalue weighted by Crippen LogP contribution is 2.35. The Kier molecular flexibility index (Phi) is 5.73. The van der Waals surface area contributed by atoms with Crippen LogP contribution in [0, 0.1) is 0 Å². The second-order valence-corrected chi connectivity index (χ2v) is 6.60. The van der Waals surface area contributed by atoms with Crippen LogP contribution in [-0.2, 0) is 9.53 Å². The lowest BCUT2D eigenvalue weighted by molar-refractivity contribution is -0.150. The van der Waals surface area contributed by atoms with Gasteiger partial charge in [0.05, 0.1) is 22.2 Å². The number of esters is 1. The highest BCUT2D eigenvalue weighted by molar-refractivity contribution is 6.42. The van der Waals surface area contributed by atoms with Gasteiger partial charge in [-0.25, -0.2) is 4.79 Å². The van der Waals surface area contributed by atoms with Gasteiger partial charge in [-0.05, 0) is 49.8 Å². The summed E-state index contributed by atoms with van der Waals surface area (Å²) >= 11 is 11.9. The van der Waals surface area contributed by atoms with E-state index in [4.69, 9.17) is 37.4 Å². The minimum absolute atomic E-state index is 0.166. The van der Waals surface area contributed by atoms with E-state index in [0.717, 1.165) is 0 Å². The van der Waals surface area contributed by atoms with Crippen molar-refractivity contribution in [3.8, 4) is 11.5 Å². The van der Waals surface area contributed by atoms with E-state index in [2.05, 4.69) is 0 Å². The van der Waals surface area contributed by atoms with E-state index < -0.39 is 12.1 Å². The molecule has 0 aromatic heterocycles. The molecule has 3 rings (SSSR count). The molecule has 1 aliphatic heterocycles. The third-order valence-electron chi connectivity index (χ3n) is 3.81. The van der Waals surface area contributed by atoms with Crippen LogP contribution in [0.15, 0.2) is 42.2 Å². The highest BCUT2D eigenvalue weighted by atomic mass is 35.5. The topological polar surface area (TPSA) is 61.8 Å². The van der Waals surface area contributed by atoms with Gasteiger partial charge in [0.1, 0.15) is 11.5 Å². The van der Waals surface area contributed by atoms with Gasteiger partial charge in [-0.2, -0.15) is 0 Å². The van der Waals surface area contributed by atoms with Crippen LogP contribution in [0.3, 0.4) is 0 Å². The molecule has 0 amide bonds. The number of ketones is 1. The Balaban J connectivity index is 1.79. The number of halogens is 2. The first-order valence-electron chi connectivity index (χ1n) is 8.25. The van der Waals surface area contributed by atoms with Crippen LogP contribution in [0.2, 0.25) is 10.0 Å². The minimum atomic E-state index is -0.772. The molecule has 1 atom stereocenters. The molecule has 0 unspecified atom stereocenters. The van der Waals surface area contributed by atoms with Gasteiger partial charge in [0, 0.05) is 6.07 Å². The fourth-order valence-corrected chi connectivity index (χ4v) is 2.81. The maximum atomic E-state index is 12.5. The molecule has 0 saturated heterocycles. The summed E-state index contributed by atoms with van der Waals surface area (Å²) in [6, 6.07) is 9.80. The van der Waals surface area contributed by atoms with Crippen molar-refractivity contribution in [3.05, 3.63) is 63.3 Å². The molecule has 0 fully saturated rings. The van der Waals surface area contributed by atoms with Crippen molar-refractivity contribution in [1.29, 1.82) is 0 Å². The summed E-state index contributed by atoms with van der Waals surface area (Å²) in [5, 5.41) is 0.816. The highest BCUT2D eigenvalue weighted by Gasteiger charge is 2.28. The van der Waals surface area contributed by atoms with Gasteiger partial charge in [0.2, 0.25) is 5.78 Å². The lowest BCUT2D eigenvalue weighted by Gasteiger charge is -2.13. The first-order chi connectivity index (χ1) is 12.9. The normalized spacial score (nSPS) is 15.3. The van der Waals surface area contributed by atoms with Gasteiger partial charge in [-0.3, -0.25) is 4.79 Å². The average molecular weight is 407 g/mol. The van der Waals surface area contributed by atoms with E-state index >= 15 is 0 Å². The number of hydrogen-bond donors (Lipinski definition) is 0. The smallest absolute Gasteiger partial charge is 0.347 e. The number of carbonyl (C=O) groups excluding carboxylic acids is 2. The number of rotatable bonds is 5. The molecular weight excluding hydrogens is 391 g/mol. The molecule has 7 heteroatoms. The molecule has 0 aliphatic carbocycles. The zero-order valence-corrected chi connectivity index (χ0v) is 16.1. The van der Waals surface area contributed by atoms with E-state index in [1.807, 2.05) is 0 Å². The van der Waals surface area contributed by atoms with Crippen LogP contribution in [0.5, 0.6) is 11.5 Å². The molecule has 2 aromatic rings. The SMILES string of the molecule is CCOC(=O)[C@H](C)Oc1ccc2c(c1)O/C(=C/c1ccc(Cl)c(Cl)c1)C2=O. The average Bonchev–Trinajstić information content (AvgIpc) is 2.93. The van der Waals surface area contributed by atoms with Crippen molar-refractivity contribution >= 4 is 41.0 Å². The van der Waals surface area contributed by atoms with Crippen molar-refractivity contribution in [1.82, 2.24) is 0 Å². The number of benzene rings is 2. The summed E-state index contributed by atoms with van der Waals surface area (Å²) in [5.41, 5.74) is 1.10. The standard InChI is InChI=1S/C20H16Cl2O5/c1-3-25-20(24)11(2)26-13-5-6-14-17(10-13)27-18(19(14)23)9-12-4-7-15(21)16(22)8-12/h4-11H,3H2,1-2H3/b18-9+/t11-/m0/s1. The third-order valence-corrected chi connectivity index (χ3v) is 4.55. The number of Topliss-reactive ketones (excluding diaryl/α,β-unsaturated/α-hetero) is 1. The molecule has 27 heavy (non-hydrogen) atoms. The van der Waals surface area contributed by atoms with Gasteiger partial charge in [0.25, 0.3) is 0 Å². The number of allylic oxidation sites excluding steroid dienone is 1. The summed E-state index contributed by atoms with van der Waals surface area (Å²) in [7, 11) is 0. The summed E-state index contributed by atoms with van der Waals surface area (Å²) in [6.07, 6.45) is 0.818. The van der Waals surface area contributed by atoms with Gasteiger partial charge in [-0.1, -0.05) is 29.3 Å². The van der Waals surface area contributed by atoms with Gasteiger partial charge in [-0.15, -0.1) is 0 Å². The molecule has 140 valence electrons. The van der Waals surface area contributed by atoms with Crippen LogP contribution in [0.25, 0.3) is 6.08 Å². The monoisotopic (exact) mass is 406 g/mol. The van der Waals surface area contributed by atoms with Gasteiger partial charge < -0.3 is 14.2 Å². The minimum Gasteiger partial charge on any atom is -0.479 e. The molecule has 1 heterocycles. The summed E-state index contributed by atoms with van der Waals surface area (Å²) in [5.74, 6) is 0.216. The first kappa shape index (κ1) is 19.3. The molecule has 1 aliphatic rings. The van der Waals surface area contributed by atoms with Gasteiger partial charge >= 0.3 is 5.97 Å². The molecule has 0 bridgehead atoms. The summed E-state index contributed by atoms with van der Waals surface area (Å²) in [6.45, 7) is 3.59. The fraction of sp³-hybridized carbons (Fsp3) is 0.200. The maximum absolute atomic E-state index is 12.5.